The van der Waals surface area contributed by atoms with Gasteiger partial charge in [-0.25, -0.2) is 4.98 Å². The number of amides is 2. The Hall–Kier alpha value is -2.21. The number of pyridine rings is 1. The normalized spacial score (nSPS) is 11.7. The van der Waals surface area contributed by atoms with Crippen LogP contribution in [0, 0.1) is 6.92 Å². The van der Waals surface area contributed by atoms with Crippen molar-refractivity contribution in [2.75, 3.05) is 5.32 Å². The predicted octanol–water partition coefficient (Wildman–Crippen LogP) is 2.21. The van der Waals surface area contributed by atoms with Crippen molar-refractivity contribution in [2.24, 2.45) is 0 Å². The molecule has 0 aliphatic rings. The van der Waals surface area contributed by atoms with Crippen LogP contribution in [0.2, 0.25) is 0 Å². The monoisotopic (exact) mass is 289 g/mol. The van der Waals surface area contributed by atoms with Crippen molar-refractivity contribution in [1.82, 2.24) is 10.3 Å². The van der Waals surface area contributed by atoms with Crippen LogP contribution in [-0.4, -0.2) is 22.8 Å². The van der Waals surface area contributed by atoms with E-state index in [1.54, 1.807) is 31.3 Å². The summed E-state index contributed by atoms with van der Waals surface area (Å²) >= 11 is 1.33. The Bertz CT molecular complexity index is 611. The molecule has 2 amide bonds. The number of hydrogen-bond donors (Lipinski definition) is 2. The van der Waals surface area contributed by atoms with E-state index in [1.807, 2.05) is 18.4 Å². The smallest absolute Gasteiger partial charge is 0.261 e. The van der Waals surface area contributed by atoms with E-state index in [1.165, 1.54) is 11.3 Å². The zero-order valence-electron chi connectivity index (χ0n) is 11.2. The van der Waals surface area contributed by atoms with Crippen molar-refractivity contribution in [3.05, 3.63) is 46.3 Å². The van der Waals surface area contributed by atoms with Gasteiger partial charge >= 0.3 is 0 Å². The summed E-state index contributed by atoms with van der Waals surface area (Å²) in [6.07, 6.45) is 1.62. The minimum absolute atomic E-state index is 0.250. The molecule has 5 nitrogen and oxygen atoms in total. The fraction of sp³-hybridized carbons (Fsp3) is 0.214. The molecule has 6 heteroatoms. The quantitative estimate of drug-likeness (QED) is 0.906. The zero-order valence-corrected chi connectivity index (χ0v) is 12.0. The Morgan fingerprint density at radius 2 is 2.15 bits per heavy atom. The molecule has 0 spiro atoms. The van der Waals surface area contributed by atoms with Crippen molar-refractivity contribution >= 4 is 29.0 Å². The summed E-state index contributed by atoms with van der Waals surface area (Å²) in [5, 5.41) is 7.14. The maximum absolute atomic E-state index is 12.0. The van der Waals surface area contributed by atoms with Gasteiger partial charge in [0.1, 0.15) is 11.9 Å². The Labute approximate surface area is 121 Å². The predicted molar refractivity (Wildman–Crippen MR) is 78.9 cm³/mol. The van der Waals surface area contributed by atoms with E-state index in [0.717, 1.165) is 5.56 Å². The zero-order chi connectivity index (χ0) is 14.5. The number of rotatable bonds is 4. The highest BCUT2D eigenvalue weighted by atomic mass is 32.1. The second-order valence-electron chi connectivity index (χ2n) is 4.38. The van der Waals surface area contributed by atoms with Gasteiger partial charge in [-0.2, -0.15) is 0 Å². The van der Waals surface area contributed by atoms with Crippen molar-refractivity contribution in [2.45, 2.75) is 19.9 Å². The van der Waals surface area contributed by atoms with E-state index >= 15 is 0 Å². The number of nitrogens with zero attached hydrogens (tertiary/aromatic N) is 1. The maximum atomic E-state index is 12.0. The molecule has 0 aromatic carbocycles. The molecule has 2 heterocycles. The Morgan fingerprint density at radius 3 is 2.80 bits per heavy atom. The molecule has 2 aromatic heterocycles. The van der Waals surface area contributed by atoms with Gasteiger partial charge in [-0.3, -0.25) is 9.59 Å². The lowest BCUT2D eigenvalue weighted by Crippen LogP contribution is -2.41. The van der Waals surface area contributed by atoms with Crippen LogP contribution >= 0.6 is 11.3 Å². The molecule has 2 aromatic rings. The van der Waals surface area contributed by atoms with Crippen LogP contribution in [0.1, 0.15) is 22.2 Å². The second-order valence-corrected chi connectivity index (χ2v) is 5.33. The summed E-state index contributed by atoms with van der Waals surface area (Å²) in [6, 6.07) is 6.49. The molecule has 0 unspecified atom stereocenters. The number of hydrogen-bond acceptors (Lipinski definition) is 4. The first kappa shape index (κ1) is 14.2. The third-order valence-electron chi connectivity index (χ3n) is 2.65. The van der Waals surface area contributed by atoms with Gasteiger partial charge < -0.3 is 10.6 Å². The topological polar surface area (TPSA) is 71.1 Å². The van der Waals surface area contributed by atoms with Crippen LogP contribution in [0.3, 0.4) is 0 Å². The van der Waals surface area contributed by atoms with Gasteiger partial charge in [-0.05, 0) is 43.0 Å². The van der Waals surface area contributed by atoms with Crippen molar-refractivity contribution in [3.63, 3.8) is 0 Å². The Balaban J connectivity index is 1.94. The van der Waals surface area contributed by atoms with E-state index in [2.05, 4.69) is 15.6 Å². The number of aryl methyl sites for hydroxylation is 1. The van der Waals surface area contributed by atoms with Crippen LogP contribution in [0.15, 0.2) is 35.8 Å². The summed E-state index contributed by atoms with van der Waals surface area (Å²) in [5.41, 5.74) is 1.01. The highest BCUT2D eigenvalue weighted by Crippen LogP contribution is 2.09. The molecule has 0 saturated carbocycles. The van der Waals surface area contributed by atoms with Gasteiger partial charge in [0.25, 0.3) is 5.91 Å². The van der Waals surface area contributed by atoms with E-state index in [9.17, 15) is 9.59 Å². The third kappa shape index (κ3) is 3.64. The molecular formula is C14H15N3O2S. The lowest BCUT2D eigenvalue weighted by molar-refractivity contribution is -0.117. The van der Waals surface area contributed by atoms with Crippen LogP contribution in [-0.2, 0) is 4.79 Å². The van der Waals surface area contributed by atoms with Crippen LogP contribution < -0.4 is 10.6 Å². The van der Waals surface area contributed by atoms with Crippen LogP contribution in [0.4, 0.5) is 5.82 Å². The van der Waals surface area contributed by atoms with E-state index in [4.69, 9.17) is 0 Å². The average molecular weight is 289 g/mol. The molecule has 0 radical (unpaired) electrons. The van der Waals surface area contributed by atoms with Gasteiger partial charge in [-0.15, -0.1) is 11.3 Å². The fourth-order valence-corrected chi connectivity index (χ4v) is 2.21. The molecule has 2 N–H and O–H groups in total. The van der Waals surface area contributed by atoms with Gasteiger partial charge in [-0.1, -0.05) is 6.07 Å². The molecule has 0 bridgehead atoms. The summed E-state index contributed by atoms with van der Waals surface area (Å²) in [6.45, 7) is 3.55. The van der Waals surface area contributed by atoms with E-state index < -0.39 is 6.04 Å². The SMILES string of the molecule is Cc1ccnc(NC(=O)[C@H](C)NC(=O)c2cccs2)c1. The number of carbonyl (C=O) groups excluding carboxylic acids is 2. The molecule has 0 aliphatic heterocycles. The third-order valence-corrected chi connectivity index (χ3v) is 3.52. The first-order valence-electron chi connectivity index (χ1n) is 6.14. The first-order valence-corrected chi connectivity index (χ1v) is 7.02. The minimum Gasteiger partial charge on any atom is -0.340 e. The molecule has 104 valence electrons. The number of thiophene rings is 1. The maximum Gasteiger partial charge on any atom is 0.261 e. The lowest BCUT2D eigenvalue weighted by Gasteiger charge is -2.13. The van der Waals surface area contributed by atoms with Crippen molar-refractivity contribution in [3.8, 4) is 0 Å². The number of anilines is 1. The highest BCUT2D eigenvalue weighted by Gasteiger charge is 2.17. The van der Waals surface area contributed by atoms with Gasteiger partial charge in [0, 0.05) is 6.20 Å². The Morgan fingerprint density at radius 1 is 1.35 bits per heavy atom. The first-order chi connectivity index (χ1) is 9.56. The standard InChI is InChI=1S/C14H15N3O2S/c1-9-5-6-15-12(8-9)17-13(18)10(2)16-14(19)11-4-3-7-20-11/h3-8,10H,1-2H3,(H,16,19)(H,15,17,18)/t10-/m0/s1. The summed E-state index contributed by atoms with van der Waals surface area (Å²) in [5.74, 6) is -0.0694. The lowest BCUT2D eigenvalue weighted by atomic mass is 10.2. The largest absolute Gasteiger partial charge is 0.340 e. The number of carbonyl (C=O) groups is 2. The molecular weight excluding hydrogens is 274 g/mol. The average Bonchev–Trinajstić information content (AvgIpc) is 2.92. The van der Waals surface area contributed by atoms with Gasteiger partial charge in [0.15, 0.2) is 0 Å². The fourth-order valence-electron chi connectivity index (χ4n) is 1.58. The van der Waals surface area contributed by atoms with E-state index in [0.29, 0.717) is 10.7 Å². The van der Waals surface area contributed by atoms with E-state index in [-0.39, 0.29) is 11.8 Å². The second kappa shape index (κ2) is 6.29. The molecule has 1 atom stereocenters. The summed E-state index contributed by atoms with van der Waals surface area (Å²) in [7, 11) is 0. The van der Waals surface area contributed by atoms with Crippen LogP contribution in [0.5, 0.6) is 0 Å². The summed E-state index contributed by atoms with van der Waals surface area (Å²) in [4.78, 5) is 28.4. The minimum atomic E-state index is -0.632. The van der Waals surface area contributed by atoms with Gasteiger partial charge in [0.05, 0.1) is 4.88 Å². The van der Waals surface area contributed by atoms with Crippen LogP contribution in [0.25, 0.3) is 0 Å². The van der Waals surface area contributed by atoms with Crippen molar-refractivity contribution < 1.29 is 9.59 Å². The highest BCUT2D eigenvalue weighted by molar-refractivity contribution is 7.12. The molecule has 0 fully saturated rings. The van der Waals surface area contributed by atoms with Crippen molar-refractivity contribution in [1.29, 1.82) is 0 Å². The molecule has 20 heavy (non-hydrogen) atoms. The summed E-state index contributed by atoms with van der Waals surface area (Å²) < 4.78 is 0. The number of nitrogens with one attached hydrogen (secondary N) is 2. The molecule has 2 rings (SSSR count). The molecule has 0 saturated heterocycles. The Kier molecular flexibility index (Phi) is 4.47. The van der Waals surface area contributed by atoms with Gasteiger partial charge in [0.2, 0.25) is 5.91 Å². The molecule has 0 aliphatic carbocycles. The number of aromatic nitrogens is 1.